The second-order valence-electron chi connectivity index (χ2n) is 7.01. The summed E-state index contributed by atoms with van der Waals surface area (Å²) in [7, 11) is -3.60. The lowest BCUT2D eigenvalue weighted by atomic mass is 9.92. The Morgan fingerprint density at radius 1 is 1.27 bits per heavy atom. The molecule has 1 saturated heterocycles. The van der Waals surface area contributed by atoms with Crippen LogP contribution in [0.25, 0.3) is 0 Å². The van der Waals surface area contributed by atoms with Crippen molar-refractivity contribution in [3.05, 3.63) is 47.8 Å². The molecule has 2 aliphatic rings. The number of rotatable bonds is 3. The Morgan fingerprint density at radius 3 is 2.85 bits per heavy atom. The number of nitrogens with one attached hydrogen (secondary N) is 1. The number of carbonyl (C=O) groups is 1. The van der Waals surface area contributed by atoms with Crippen molar-refractivity contribution in [1.82, 2.24) is 19.4 Å². The summed E-state index contributed by atoms with van der Waals surface area (Å²) < 4.78 is 28.9. The normalized spacial score (nSPS) is 23.7. The molecule has 4 rings (SSSR count). The number of benzene rings is 1. The maximum absolute atomic E-state index is 12.9. The van der Waals surface area contributed by atoms with Crippen molar-refractivity contribution < 1.29 is 13.2 Å². The number of sulfonamides is 1. The van der Waals surface area contributed by atoms with Crippen molar-refractivity contribution in [2.45, 2.75) is 43.2 Å². The van der Waals surface area contributed by atoms with Crippen LogP contribution in [0.15, 0.2) is 41.6 Å². The fourth-order valence-corrected chi connectivity index (χ4v) is 5.33. The first-order valence-corrected chi connectivity index (χ1v) is 10.3. The van der Waals surface area contributed by atoms with Crippen LogP contribution in [0.2, 0.25) is 0 Å². The Bertz CT molecular complexity index is 953. The molecular weight excluding hydrogens is 352 g/mol. The summed E-state index contributed by atoms with van der Waals surface area (Å²) in [4.78, 5) is 12.9. The highest BCUT2D eigenvalue weighted by molar-refractivity contribution is 7.89. The molecule has 1 amide bonds. The largest absolute Gasteiger partial charge is 0.345 e. The molecule has 1 aromatic carbocycles. The number of carbonyl (C=O) groups excluding carboxylic acids is 1. The molecule has 1 N–H and O–H groups in total. The molecule has 2 aliphatic heterocycles. The number of amides is 1. The molecule has 7 nitrogen and oxygen atoms in total. The minimum Gasteiger partial charge on any atom is -0.345 e. The average Bonchev–Trinajstić information content (AvgIpc) is 3.25. The van der Waals surface area contributed by atoms with E-state index in [9.17, 15) is 13.2 Å². The highest BCUT2D eigenvalue weighted by Gasteiger charge is 2.45. The fraction of sp³-hybridized carbons (Fsp3) is 0.444. The Hall–Kier alpha value is -2.19. The zero-order chi connectivity index (χ0) is 18.4. The molecule has 0 aliphatic carbocycles. The SMILES string of the molecule is CCn1cc(S(=O)(=O)N2CC[C@@]3(CCc4ccccc4C(=O)N3)C2)cn1. The quantitative estimate of drug-likeness (QED) is 0.880. The van der Waals surface area contributed by atoms with E-state index >= 15 is 0 Å². The number of fused-ring (bicyclic) bond motifs is 1. The van der Waals surface area contributed by atoms with Crippen molar-refractivity contribution in [2.24, 2.45) is 0 Å². The third-order valence-corrected chi connectivity index (χ3v) is 7.20. The Morgan fingerprint density at radius 2 is 2.08 bits per heavy atom. The molecule has 1 aromatic heterocycles. The zero-order valence-corrected chi connectivity index (χ0v) is 15.5. The van der Waals surface area contributed by atoms with Gasteiger partial charge in [0.25, 0.3) is 5.91 Å². The van der Waals surface area contributed by atoms with Gasteiger partial charge in [-0.3, -0.25) is 9.48 Å². The summed E-state index contributed by atoms with van der Waals surface area (Å²) in [5.74, 6) is -0.115. The molecule has 2 aromatic rings. The Labute approximate surface area is 153 Å². The molecule has 0 radical (unpaired) electrons. The van der Waals surface area contributed by atoms with Gasteiger partial charge in [0.1, 0.15) is 4.90 Å². The van der Waals surface area contributed by atoms with Crippen molar-refractivity contribution in [2.75, 3.05) is 13.1 Å². The van der Waals surface area contributed by atoms with Crippen LogP contribution in [-0.4, -0.2) is 47.0 Å². The predicted molar refractivity (Wildman–Crippen MR) is 96.2 cm³/mol. The van der Waals surface area contributed by atoms with Gasteiger partial charge in [0.2, 0.25) is 10.0 Å². The maximum atomic E-state index is 12.9. The molecule has 1 atom stereocenters. The molecule has 8 heteroatoms. The summed E-state index contributed by atoms with van der Waals surface area (Å²) in [6.07, 6.45) is 5.06. The Balaban J connectivity index is 1.57. The number of hydrogen-bond donors (Lipinski definition) is 1. The van der Waals surface area contributed by atoms with Gasteiger partial charge in [0, 0.05) is 31.4 Å². The van der Waals surface area contributed by atoms with Crippen LogP contribution >= 0.6 is 0 Å². The molecule has 1 spiro atoms. The van der Waals surface area contributed by atoms with Crippen LogP contribution < -0.4 is 5.32 Å². The van der Waals surface area contributed by atoms with Crippen molar-refractivity contribution >= 4 is 15.9 Å². The van der Waals surface area contributed by atoms with E-state index in [0.29, 0.717) is 31.6 Å². The van der Waals surface area contributed by atoms with E-state index in [1.54, 1.807) is 10.9 Å². The molecular formula is C18H22N4O3S. The summed E-state index contributed by atoms with van der Waals surface area (Å²) in [6, 6.07) is 7.58. The van der Waals surface area contributed by atoms with Gasteiger partial charge >= 0.3 is 0 Å². The maximum Gasteiger partial charge on any atom is 0.252 e. The van der Waals surface area contributed by atoms with E-state index in [2.05, 4.69) is 10.4 Å². The smallest absolute Gasteiger partial charge is 0.252 e. The highest BCUT2D eigenvalue weighted by Crippen LogP contribution is 2.33. The lowest BCUT2D eigenvalue weighted by Gasteiger charge is -2.28. The minimum absolute atomic E-state index is 0.115. The van der Waals surface area contributed by atoms with Gasteiger partial charge in [0.15, 0.2) is 0 Å². The predicted octanol–water partition coefficient (Wildman–Crippen LogP) is 1.41. The minimum atomic E-state index is -3.60. The van der Waals surface area contributed by atoms with Gasteiger partial charge < -0.3 is 5.32 Å². The van der Waals surface area contributed by atoms with E-state index in [-0.39, 0.29) is 10.8 Å². The number of aryl methyl sites for hydroxylation is 2. The second-order valence-corrected chi connectivity index (χ2v) is 8.95. The van der Waals surface area contributed by atoms with Crippen molar-refractivity contribution in [3.63, 3.8) is 0 Å². The fourth-order valence-electron chi connectivity index (χ4n) is 3.85. The third kappa shape index (κ3) is 2.83. The molecule has 26 heavy (non-hydrogen) atoms. The molecule has 0 bridgehead atoms. The summed E-state index contributed by atoms with van der Waals surface area (Å²) >= 11 is 0. The summed E-state index contributed by atoms with van der Waals surface area (Å²) in [5.41, 5.74) is 1.20. The van der Waals surface area contributed by atoms with Gasteiger partial charge in [0.05, 0.1) is 11.7 Å². The first-order chi connectivity index (χ1) is 12.4. The second kappa shape index (κ2) is 6.21. The molecule has 1 fully saturated rings. The van der Waals surface area contributed by atoms with Gasteiger partial charge in [-0.2, -0.15) is 9.40 Å². The van der Waals surface area contributed by atoms with E-state index in [4.69, 9.17) is 0 Å². The van der Waals surface area contributed by atoms with Gasteiger partial charge in [-0.15, -0.1) is 0 Å². The molecule has 3 heterocycles. The third-order valence-electron chi connectivity index (χ3n) is 5.40. The standard InChI is InChI=1S/C18H22N4O3S/c1-2-21-12-15(11-19-21)26(24,25)22-10-9-18(13-22)8-7-14-5-3-4-6-16(14)17(23)20-18/h3-6,11-12H,2,7-10,13H2,1H3,(H,20,23)/t18-/m0/s1. The van der Waals surface area contributed by atoms with E-state index < -0.39 is 15.6 Å². The molecule has 138 valence electrons. The first-order valence-electron chi connectivity index (χ1n) is 8.87. The number of hydrogen-bond acceptors (Lipinski definition) is 4. The van der Waals surface area contributed by atoms with Gasteiger partial charge in [-0.05, 0) is 37.8 Å². The summed E-state index contributed by atoms with van der Waals surface area (Å²) in [5, 5.41) is 7.19. The van der Waals surface area contributed by atoms with Crippen LogP contribution in [0.1, 0.15) is 35.7 Å². The highest BCUT2D eigenvalue weighted by atomic mass is 32.2. The lowest BCUT2D eigenvalue weighted by molar-refractivity contribution is 0.0906. The first kappa shape index (κ1) is 17.2. The zero-order valence-electron chi connectivity index (χ0n) is 14.7. The number of nitrogens with zero attached hydrogens (tertiary/aromatic N) is 3. The monoisotopic (exact) mass is 374 g/mol. The van der Waals surface area contributed by atoms with Gasteiger partial charge in [-0.1, -0.05) is 18.2 Å². The Kier molecular flexibility index (Phi) is 4.11. The van der Waals surface area contributed by atoms with Crippen LogP contribution in [0.4, 0.5) is 0 Å². The van der Waals surface area contributed by atoms with Gasteiger partial charge in [-0.25, -0.2) is 8.42 Å². The van der Waals surface area contributed by atoms with E-state index in [0.717, 1.165) is 18.4 Å². The van der Waals surface area contributed by atoms with E-state index in [1.165, 1.54) is 10.5 Å². The van der Waals surface area contributed by atoms with Crippen LogP contribution in [0, 0.1) is 0 Å². The topological polar surface area (TPSA) is 84.3 Å². The number of aromatic nitrogens is 2. The van der Waals surface area contributed by atoms with Crippen molar-refractivity contribution in [3.8, 4) is 0 Å². The molecule has 0 saturated carbocycles. The summed E-state index contributed by atoms with van der Waals surface area (Å²) in [6.45, 7) is 3.23. The van der Waals surface area contributed by atoms with Crippen molar-refractivity contribution in [1.29, 1.82) is 0 Å². The van der Waals surface area contributed by atoms with Crippen LogP contribution in [0.5, 0.6) is 0 Å². The molecule has 0 unspecified atom stereocenters. The van der Waals surface area contributed by atoms with Crippen LogP contribution in [0.3, 0.4) is 0 Å². The van der Waals surface area contributed by atoms with Crippen LogP contribution in [-0.2, 0) is 23.0 Å². The lowest BCUT2D eigenvalue weighted by Crippen LogP contribution is -2.50. The van der Waals surface area contributed by atoms with E-state index in [1.807, 2.05) is 31.2 Å². The average molecular weight is 374 g/mol.